The zero-order valence-electron chi connectivity index (χ0n) is 10.1. The lowest BCUT2D eigenvalue weighted by Gasteiger charge is -2.45. The summed E-state index contributed by atoms with van der Waals surface area (Å²) in [6.07, 6.45) is -4.40. The number of aliphatic hydroxyl groups is 6. The van der Waals surface area contributed by atoms with Gasteiger partial charge in [-0.15, -0.1) is 0 Å². The van der Waals surface area contributed by atoms with Gasteiger partial charge >= 0.3 is 0 Å². The van der Waals surface area contributed by atoms with Crippen LogP contribution in [0.15, 0.2) is 0 Å². The van der Waals surface area contributed by atoms with Crippen LogP contribution in [-0.4, -0.2) is 80.5 Å². The van der Waals surface area contributed by atoms with Gasteiger partial charge in [0.1, 0.15) is 23.9 Å². The maximum Gasteiger partial charge on any atom is 0.124 e. The molecule has 7 nitrogen and oxygen atoms in total. The van der Waals surface area contributed by atoms with E-state index in [1.165, 1.54) is 0 Å². The summed E-state index contributed by atoms with van der Waals surface area (Å²) in [5.74, 6) is 0. The van der Waals surface area contributed by atoms with Crippen molar-refractivity contribution in [3.05, 3.63) is 0 Å². The normalized spacial score (nSPS) is 38.7. The highest BCUT2D eigenvalue weighted by atomic mass is 16.5. The Morgan fingerprint density at radius 2 is 1.94 bits per heavy atom. The van der Waals surface area contributed by atoms with Crippen LogP contribution in [0.2, 0.25) is 0 Å². The maximum atomic E-state index is 10.3. The van der Waals surface area contributed by atoms with Gasteiger partial charge in [0.05, 0.1) is 19.3 Å². The van der Waals surface area contributed by atoms with Gasteiger partial charge in [0.25, 0.3) is 0 Å². The summed E-state index contributed by atoms with van der Waals surface area (Å²) in [6, 6.07) is 0. The first-order chi connectivity index (χ1) is 8.45. The number of aliphatic hydroxyl groups excluding tert-OH is 5. The minimum Gasteiger partial charge on any atom is -0.396 e. The monoisotopic (exact) mass is 266 g/mol. The fraction of sp³-hybridized carbons (Fsp3) is 1.00. The van der Waals surface area contributed by atoms with Crippen molar-refractivity contribution in [2.24, 2.45) is 0 Å². The molecule has 1 saturated heterocycles. The summed E-state index contributed by atoms with van der Waals surface area (Å²) >= 11 is 0. The molecule has 1 rings (SSSR count). The zero-order chi connectivity index (χ0) is 13.8. The molecule has 0 aromatic carbocycles. The third-order valence-electron chi connectivity index (χ3n) is 3.33. The third-order valence-corrected chi connectivity index (χ3v) is 3.33. The second-order valence-corrected chi connectivity index (χ2v) is 4.73. The molecule has 1 fully saturated rings. The van der Waals surface area contributed by atoms with E-state index in [2.05, 4.69) is 0 Å². The first-order valence-electron chi connectivity index (χ1n) is 6.05. The number of rotatable bonds is 6. The molecule has 0 aliphatic carbocycles. The first-order valence-corrected chi connectivity index (χ1v) is 6.05. The highest BCUT2D eigenvalue weighted by Crippen LogP contribution is 2.31. The quantitative estimate of drug-likeness (QED) is 0.310. The summed E-state index contributed by atoms with van der Waals surface area (Å²) in [7, 11) is 0. The average molecular weight is 266 g/mol. The van der Waals surface area contributed by atoms with E-state index in [0.29, 0.717) is 6.42 Å². The lowest BCUT2D eigenvalue weighted by molar-refractivity contribution is -0.257. The summed E-state index contributed by atoms with van der Waals surface area (Å²) in [4.78, 5) is 0. The number of hydrogen-bond acceptors (Lipinski definition) is 7. The predicted octanol–water partition coefficient (Wildman–Crippen LogP) is -2.65. The van der Waals surface area contributed by atoms with Gasteiger partial charge in [0.2, 0.25) is 0 Å². The molecular weight excluding hydrogens is 244 g/mol. The van der Waals surface area contributed by atoms with Crippen LogP contribution < -0.4 is 0 Å². The molecule has 5 atom stereocenters. The SMILES string of the molecule is OCCCC(O)C[C@]1(O)[C@H](O)[C@@H](O)CO[C@@H]1CO. The van der Waals surface area contributed by atoms with Gasteiger partial charge in [-0.2, -0.15) is 0 Å². The minimum absolute atomic E-state index is 0.0827. The molecule has 1 aliphatic rings. The Morgan fingerprint density at radius 3 is 2.50 bits per heavy atom. The second-order valence-electron chi connectivity index (χ2n) is 4.73. The van der Waals surface area contributed by atoms with Crippen LogP contribution in [-0.2, 0) is 4.74 Å². The van der Waals surface area contributed by atoms with Gasteiger partial charge in [0.15, 0.2) is 0 Å². The molecule has 0 aromatic heterocycles. The van der Waals surface area contributed by atoms with Crippen molar-refractivity contribution in [1.82, 2.24) is 0 Å². The van der Waals surface area contributed by atoms with Crippen LogP contribution in [0.4, 0.5) is 0 Å². The van der Waals surface area contributed by atoms with E-state index < -0.39 is 36.6 Å². The van der Waals surface area contributed by atoms with Crippen molar-refractivity contribution >= 4 is 0 Å². The van der Waals surface area contributed by atoms with Crippen LogP contribution in [0.3, 0.4) is 0 Å². The molecule has 7 heteroatoms. The van der Waals surface area contributed by atoms with Crippen molar-refractivity contribution in [3.8, 4) is 0 Å². The Balaban J connectivity index is 2.70. The van der Waals surface area contributed by atoms with E-state index in [1.54, 1.807) is 0 Å². The highest BCUT2D eigenvalue weighted by Gasteiger charge is 2.51. The fourth-order valence-corrected chi connectivity index (χ4v) is 2.24. The van der Waals surface area contributed by atoms with Gasteiger partial charge in [-0.05, 0) is 12.8 Å². The smallest absolute Gasteiger partial charge is 0.124 e. The highest BCUT2D eigenvalue weighted by molar-refractivity contribution is 5.01. The minimum atomic E-state index is -1.90. The molecule has 18 heavy (non-hydrogen) atoms. The van der Waals surface area contributed by atoms with Crippen molar-refractivity contribution in [3.63, 3.8) is 0 Å². The van der Waals surface area contributed by atoms with Crippen LogP contribution >= 0.6 is 0 Å². The third kappa shape index (κ3) is 3.39. The fourth-order valence-electron chi connectivity index (χ4n) is 2.24. The van der Waals surface area contributed by atoms with Gasteiger partial charge in [-0.1, -0.05) is 0 Å². The molecule has 6 N–H and O–H groups in total. The van der Waals surface area contributed by atoms with E-state index in [-0.39, 0.29) is 26.1 Å². The molecule has 0 saturated carbocycles. The molecule has 1 aliphatic heterocycles. The van der Waals surface area contributed by atoms with Crippen LogP contribution in [0.1, 0.15) is 19.3 Å². The van der Waals surface area contributed by atoms with Gasteiger partial charge in [0, 0.05) is 13.0 Å². The van der Waals surface area contributed by atoms with Crippen molar-refractivity contribution in [1.29, 1.82) is 0 Å². The number of ether oxygens (including phenoxy) is 1. The number of hydrogen-bond donors (Lipinski definition) is 6. The summed E-state index contributed by atoms with van der Waals surface area (Å²) in [5.41, 5.74) is -1.90. The topological polar surface area (TPSA) is 131 Å². The molecule has 0 spiro atoms. The van der Waals surface area contributed by atoms with Crippen LogP contribution in [0.25, 0.3) is 0 Å². The van der Waals surface area contributed by atoms with Crippen molar-refractivity contribution in [2.75, 3.05) is 19.8 Å². The Kier molecular flexibility index (Phi) is 5.93. The average Bonchev–Trinajstić information content (AvgIpc) is 2.34. The Bertz CT molecular complexity index is 246. The molecule has 1 heterocycles. The summed E-state index contributed by atoms with van der Waals surface area (Å²) in [5, 5.41) is 57.1. The van der Waals surface area contributed by atoms with E-state index in [1.807, 2.05) is 0 Å². The zero-order valence-corrected chi connectivity index (χ0v) is 10.1. The Labute approximate surface area is 105 Å². The van der Waals surface area contributed by atoms with Crippen LogP contribution in [0.5, 0.6) is 0 Å². The van der Waals surface area contributed by atoms with Gasteiger partial charge in [-0.3, -0.25) is 0 Å². The lowest BCUT2D eigenvalue weighted by atomic mass is 9.80. The molecule has 0 aromatic rings. The summed E-state index contributed by atoms with van der Waals surface area (Å²) in [6.45, 7) is -0.783. The second kappa shape index (κ2) is 6.76. The first kappa shape index (κ1) is 15.8. The Hall–Kier alpha value is -0.280. The molecule has 0 amide bonds. The molecule has 0 radical (unpaired) electrons. The molecule has 108 valence electrons. The van der Waals surface area contributed by atoms with Crippen molar-refractivity contribution in [2.45, 2.75) is 49.3 Å². The van der Waals surface area contributed by atoms with E-state index >= 15 is 0 Å². The maximum absolute atomic E-state index is 10.3. The lowest BCUT2D eigenvalue weighted by Crippen LogP contribution is -2.64. The predicted molar refractivity (Wildman–Crippen MR) is 60.7 cm³/mol. The van der Waals surface area contributed by atoms with E-state index in [0.717, 1.165) is 0 Å². The Morgan fingerprint density at radius 1 is 1.28 bits per heavy atom. The molecule has 1 unspecified atom stereocenters. The van der Waals surface area contributed by atoms with E-state index in [4.69, 9.17) is 14.9 Å². The van der Waals surface area contributed by atoms with Crippen molar-refractivity contribution < 1.29 is 35.4 Å². The molecule has 0 bridgehead atoms. The van der Waals surface area contributed by atoms with Gasteiger partial charge in [-0.25, -0.2) is 0 Å². The largest absolute Gasteiger partial charge is 0.396 e. The van der Waals surface area contributed by atoms with E-state index in [9.17, 15) is 20.4 Å². The van der Waals surface area contributed by atoms with Crippen LogP contribution in [0, 0.1) is 0 Å². The molecular formula is C11H22O7. The summed E-state index contributed by atoms with van der Waals surface area (Å²) < 4.78 is 5.06. The standard InChI is InChI=1S/C11H22O7/c12-3-1-2-7(14)4-11(17)9(5-13)18-6-8(15)10(11)16/h7-10,12-17H,1-6H2/t7?,8-,9+,10+,11+/m0/s1. The van der Waals surface area contributed by atoms with Gasteiger partial charge < -0.3 is 35.4 Å².